The number of piperazine rings is 1. The van der Waals surface area contributed by atoms with Crippen LogP contribution in [0.1, 0.15) is 30.0 Å². The van der Waals surface area contributed by atoms with Crippen LogP contribution in [-0.2, 0) is 16.1 Å². The number of halogens is 1. The predicted molar refractivity (Wildman–Crippen MR) is 125 cm³/mol. The molecule has 1 fully saturated rings. The van der Waals surface area contributed by atoms with E-state index in [1.165, 1.54) is 17.1 Å². The lowest BCUT2D eigenvalue weighted by Crippen LogP contribution is -2.48. The average Bonchev–Trinajstić information content (AvgIpc) is 2.83. The van der Waals surface area contributed by atoms with Crippen LogP contribution in [0.3, 0.4) is 0 Å². The fourth-order valence-corrected chi connectivity index (χ4v) is 4.10. The van der Waals surface area contributed by atoms with Crippen molar-refractivity contribution >= 4 is 17.5 Å². The van der Waals surface area contributed by atoms with Crippen molar-refractivity contribution in [1.82, 2.24) is 20.1 Å². The molecule has 2 aromatic rings. The third kappa shape index (κ3) is 6.24. The van der Waals surface area contributed by atoms with E-state index in [0.717, 1.165) is 43.9 Å². The monoisotopic (exact) mass is 451 g/mol. The van der Waals surface area contributed by atoms with Crippen LogP contribution in [0.2, 0.25) is 0 Å². The minimum absolute atomic E-state index is 0.145. The molecule has 0 bridgehead atoms. The smallest absolute Gasteiger partial charge is 0.268 e. The van der Waals surface area contributed by atoms with Crippen LogP contribution in [0.4, 0.5) is 4.39 Å². The van der Waals surface area contributed by atoms with E-state index in [-0.39, 0.29) is 36.6 Å². The first kappa shape index (κ1) is 23.1. The molecular formula is C25H30FN5O2. The molecule has 2 aliphatic heterocycles. The van der Waals surface area contributed by atoms with E-state index in [2.05, 4.69) is 27.3 Å². The summed E-state index contributed by atoms with van der Waals surface area (Å²) in [7, 11) is 2.12. The Morgan fingerprint density at radius 2 is 1.73 bits per heavy atom. The molecule has 4 rings (SSSR count). The number of hydrogen-bond acceptors (Lipinski definition) is 5. The van der Waals surface area contributed by atoms with Gasteiger partial charge in [-0.1, -0.05) is 42.5 Å². The summed E-state index contributed by atoms with van der Waals surface area (Å²) in [4.78, 5) is 30.2. The molecule has 0 spiro atoms. The second kappa shape index (κ2) is 10.7. The number of nitrogens with one attached hydrogen (secondary N) is 1. The minimum atomic E-state index is -0.334. The van der Waals surface area contributed by atoms with Crippen molar-refractivity contribution in [2.24, 2.45) is 5.10 Å². The summed E-state index contributed by atoms with van der Waals surface area (Å²) in [6.45, 7) is 4.84. The summed E-state index contributed by atoms with van der Waals surface area (Å²) in [6.07, 6.45) is 0.530. The van der Waals surface area contributed by atoms with Crippen molar-refractivity contribution in [3.8, 4) is 0 Å². The number of carbonyl (C=O) groups is 2. The number of nitrogens with zero attached hydrogens (tertiary/aromatic N) is 4. The molecule has 0 aromatic heterocycles. The predicted octanol–water partition coefficient (Wildman–Crippen LogP) is 2.41. The number of amides is 2. The molecule has 0 saturated carbocycles. The lowest BCUT2D eigenvalue weighted by molar-refractivity contribution is -0.132. The van der Waals surface area contributed by atoms with Crippen LogP contribution in [-0.4, -0.2) is 72.1 Å². The lowest BCUT2D eigenvalue weighted by atomic mass is 10.0. The summed E-state index contributed by atoms with van der Waals surface area (Å²) < 4.78 is 13.2. The molecule has 1 atom stereocenters. The Morgan fingerprint density at radius 3 is 2.42 bits per heavy atom. The van der Waals surface area contributed by atoms with Gasteiger partial charge in [-0.3, -0.25) is 14.5 Å². The Bertz CT molecular complexity index is 988. The molecule has 2 aliphatic rings. The Morgan fingerprint density at radius 1 is 1.03 bits per heavy atom. The van der Waals surface area contributed by atoms with E-state index < -0.39 is 0 Å². The molecule has 1 saturated heterocycles. The number of rotatable bonds is 7. The zero-order valence-corrected chi connectivity index (χ0v) is 18.9. The van der Waals surface area contributed by atoms with Crippen LogP contribution in [0.25, 0.3) is 0 Å². The number of likely N-dealkylation sites (N-methyl/N-ethyl adjacent to an activating group) is 1. The topological polar surface area (TPSA) is 68.2 Å². The first-order valence-electron chi connectivity index (χ1n) is 11.4. The van der Waals surface area contributed by atoms with Crippen LogP contribution in [0, 0.1) is 5.82 Å². The van der Waals surface area contributed by atoms with Gasteiger partial charge in [-0.05, 0) is 30.3 Å². The molecular weight excluding hydrogens is 421 g/mol. The van der Waals surface area contributed by atoms with E-state index in [1.807, 2.05) is 30.3 Å². The Labute approximate surface area is 193 Å². The number of carbonyl (C=O) groups excluding carboxylic acids is 2. The van der Waals surface area contributed by atoms with Crippen LogP contribution in [0.5, 0.6) is 0 Å². The first-order valence-corrected chi connectivity index (χ1v) is 11.4. The van der Waals surface area contributed by atoms with Crippen molar-refractivity contribution in [2.45, 2.75) is 25.4 Å². The van der Waals surface area contributed by atoms with Crippen molar-refractivity contribution in [3.63, 3.8) is 0 Å². The molecule has 2 amide bonds. The van der Waals surface area contributed by atoms with E-state index >= 15 is 0 Å². The van der Waals surface area contributed by atoms with E-state index in [1.54, 1.807) is 12.1 Å². The maximum atomic E-state index is 13.2. The highest BCUT2D eigenvalue weighted by atomic mass is 19.1. The molecule has 0 aliphatic carbocycles. The molecule has 174 valence electrons. The summed E-state index contributed by atoms with van der Waals surface area (Å²) >= 11 is 0. The maximum Gasteiger partial charge on any atom is 0.268 e. The summed E-state index contributed by atoms with van der Waals surface area (Å²) in [6, 6.07) is 15.7. The molecule has 8 heteroatoms. The van der Waals surface area contributed by atoms with Gasteiger partial charge in [0.15, 0.2) is 0 Å². The zero-order chi connectivity index (χ0) is 23.2. The molecule has 2 heterocycles. The molecule has 1 N–H and O–H groups in total. The SMILES string of the molecule is CN1CCN(CC(NC(=O)C2=NN(Cc3ccc(F)cc3)C(=O)CC2)c2ccccc2)CC1. The second-order valence-corrected chi connectivity index (χ2v) is 8.67. The third-order valence-electron chi connectivity index (χ3n) is 6.16. The fourth-order valence-electron chi connectivity index (χ4n) is 4.10. The van der Waals surface area contributed by atoms with Gasteiger partial charge in [-0.25, -0.2) is 9.40 Å². The van der Waals surface area contributed by atoms with E-state index in [9.17, 15) is 14.0 Å². The van der Waals surface area contributed by atoms with E-state index in [4.69, 9.17) is 0 Å². The molecule has 2 aromatic carbocycles. The first-order chi connectivity index (χ1) is 16.0. The second-order valence-electron chi connectivity index (χ2n) is 8.67. The van der Waals surface area contributed by atoms with Gasteiger partial charge in [0, 0.05) is 45.6 Å². The number of hydrogen-bond donors (Lipinski definition) is 1. The van der Waals surface area contributed by atoms with Gasteiger partial charge >= 0.3 is 0 Å². The van der Waals surface area contributed by atoms with Crippen molar-refractivity contribution in [3.05, 3.63) is 71.5 Å². The standard InChI is InChI=1S/C25H30FN5O2/c1-29-13-15-30(16-14-29)18-23(20-5-3-2-4-6-20)27-25(33)22-11-12-24(32)31(28-22)17-19-7-9-21(26)10-8-19/h2-10,23H,11-18H2,1H3,(H,27,33). The fraction of sp³-hybridized carbons (Fsp3) is 0.400. The van der Waals surface area contributed by atoms with Crippen LogP contribution in [0.15, 0.2) is 59.7 Å². The van der Waals surface area contributed by atoms with Crippen molar-refractivity contribution in [1.29, 1.82) is 0 Å². The van der Waals surface area contributed by atoms with Crippen molar-refractivity contribution < 1.29 is 14.0 Å². The Hall–Kier alpha value is -3.10. The highest BCUT2D eigenvalue weighted by Gasteiger charge is 2.27. The van der Waals surface area contributed by atoms with E-state index in [0.29, 0.717) is 12.1 Å². The highest BCUT2D eigenvalue weighted by molar-refractivity contribution is 6.39. The van der Waals surface area contributed by atoms with Gasteiger partial charge in [0.1, 0.15) is 11.5 Å². The largest absolute Gasteiger partial charge is 0.343 e. The molecule has 7 nitrogen and oxygen atoms in total. The lowest BCUT2D eigenvalue weighted by Gasteiger charge is -2.35. The summed E-state index contributed by atoms with van der Waals surface area (Å²) in [5, 5.41) is 8.82. The quantitative estimate of drug-likeness (QED) is 0.702. The Kier molecular flexibility index (Phi) is 7.47. The zero-order valence-electron chi connectivity index (χ0n) is 18.9. The van der Waals surface area contributed by atoms with Gasteiger partial charge in [0.25, 0.3) is 5.91 Å². The van der Waals surface area contributed by atoms with Crippen molar-refractivity contribution in [2.75, 3.05) is 39.8 Å². The molecule has 1 unspecified atom stereocenters. The summed E-state index contributed by atoms with van der Waals surface area (Å²) in [5.74, 6) is -0.734. The van der Waals surface area contributed by atoms with Gasteiger partial charge in [-0.2, -0.15) is 5.10 Å². The number of benzene rings is 2. The van der Waals surface area contributed by atoms with Gasteiger partial charge in [0.05, 0.1) is 12.6 Å². The minimum Gasteiger partial charge on any atom is -0.343 e. The average molecular weight is 452 g/mol. The normalized spacial score (nSPS) is 18.7. The Balaban J connectivity index is 1.46. The van der Waals surface area contributed by atoms with Gasteiger partial charge in [0.2, 0.25) is 5.91 Å². The van der Waals surface area contributed by atoms with Gasteiger partial charge < -0.3 is 10.2 Å². The molecule has 33 heavy (non-hydrogen) atoms. The summed E-state index contributed by atoms with van der Waals surface area (Å²) in [5.41, 5.74) is 2.14. The maximum absolute atomic E-state index is 13.2. The van der Waals surface area contributed by atoms with Crippen LogP contribution >= 0.6 is 0 Å². The number of hydrazone groups is 1. The molecule has 0 radical (unpaired) electrons. The van der Waals surface area contributed by atoms with Crippen LogP contribution < -0.4 is 5.32 Å². The third-order valence-corrected chi connectivity index (χ3v) is 6.16. The highest BCUT2D eigenvalue weighted by Crippen LogP contribution is 2.18. The van der Waals surface area contributed by atoms with Gasteiger partial charge in [-0.15, -0.1) is 0 Å².